The highest BCUT2D eigenvalue weighted by Gasteiger charge is 2.10. The van der Waals surface area contributed by atoms with Crippen LogP contribution in [0.25, 0.3) is 0 Å². The van der Waals surface area contributed by atoms with E-state index in [-0.39, 0.29) is 6.10 Å². The van der Waals surface area contributed by atoms with Gasteiger partial charge in [-0.2, -0.15) is 0 Å². The quantitative estimate of drug-likeness (QED) is 0.512. The summed E-state index contributed by atoms with van der Waals surface area (Å²) in [6, 6.07) is 0. The molecule has 1 N–H and O–H groups in total. The van der Waals surface area contributed by atoms with Crippen LogP contribution in [0.15, 0.2) is 12.2 Å². The third-order valence-electron chi connectivity index (χ3n) is 2.20. The molecule has 0 aromatic carbocycles. The molecule has 1 atom stereocenters. The predicted octanol–water partition coefficient (Wildman–Crippen LogP) is 2.26. The van der Waals surface area contributed by atoms with E-state index in [4.69, 9.17) is 0 Å². The Morgan fingerprint density at radius 1 is 1.20 bits per heavy atom. The van der Waals surface area contributed by atoms with Crippen molar-refractivity contribution < 1.29 is 5.11 Å². The van der Waals surface area contributed by atoms with Gasteiger partial charge in [0.2, 0.25) is 0 Å². The van der Waals surface area contributed by atoms with Crippen molar-refractivity contribution in [1.29, 1.82) is 0 Å². The highest BCUT2D eigenvalue weighted by atomic mass is 16.3. The molecule has 1 saturated carbocycles. The third kappa shape index (κ3) is 2.14. The number of rotatable bonds is 0. The summed E-state index contributed by atoms with van der Waals surface area (Å²) in [5, 5.41) is 9.38. The molecule has 1 aliphatic carbocycles. The lowest BCUT2D eigenvalue weighted by Gasteiger charge is -2.16. The average molecular weight is 140 g/mol. The van der Waals surface area contributed by atoms with E-state index in [1.165, 1.54) is 25.7 Å². The SMILES string of the molecule is C=C1CCCCCC[C@@H]1O. The van der Waals surface area contributed by atoms with Gasteiger partial charge in [0.15, 0.2) is 0 Å². The van der Waals surface area contributed by atoms with E-state index >= 15 is 0 Å². The van der Waals surface area contributed by atoms with Crippen molar-refractivity contribution in [2.24, 2.45) is 0 Å². The Bertz CT molecular complexity index is 118. The maximum atomic E-state index is 9.38. The van der Waals surface area contributed by atoms with Crippen molar-refractivity contribution in [3.8, 4) is 0 Å². The molecule has 0 heterocycles. The Balaban J connectivity index is 2.35. The van der Waals surface area contributed by atoms with E-state index < -0.39 is 0 Å². The first-order valence-corrected chi connectivity index (χ1v) is 4.16. The zero-order chi connectivity index (χ0) is 7.40. The molecular weight excluding hydrogens is 124 g/mol. The number of hydrogen-bond donors (Lipinski definition) is 1. The van der Waals surface area contributed by atoms with E-state index in [0.29, 0.717) is 0 Å². The smallest absolute Gasteiger partial charge is 0.0747 e. The zero-order valence-corrected chi connectivity index (χ0v) is 6.47. The molecule has 0 amide bonds. The van der Waals surface area contributed by atoms with Crippen molar-refractivity contribution >= 4 is 0 Å². The molecule has 0 aromatic heterocycles. The number of aliphatic hydroxyl groups is 1. The maximum absolute atomic E-state index is 9.38. The number of hydrogen-bond acceptors (Lipinski definition) is 1. The van der Waals surface area contributed by atoms with Crippen LogP contribution in [0.4, 0.5) is 0 Å². The molecule has 0 radical (unpaired) electrons. The highest BCUT2D eigenvalue weighted by molar-refractivity contribution is 5.01. The van der Waals surface area contributed by atoms with Crippen molar-refractivity contribution in [2.45, 2.75) is 44.6 Å². The molecule has 1 heteroatoms. The largest absolute Gasteiger partial charge is 0.389 e. The second-order valence-electron chi connectivity index (χ2n) is 3.13. The minimum atomic E-state index is -0.208. The van der Waals surface area contributed by atoms with Crippen molar-refractivity contribution in [3.05, 3.63) is 12.2 Å². The predicted molar refractivity (Wildman–Crippen MR) is 42.8 cm³/mol. The van der Waals surface area contributed by atoms with Gasteiger partial charge in [0, 0.05) is 0 Å². The Morgan fingerprint density at radius 2 is 1.90 bits per heavy atom. The molecule has 0 saturated heterocycles. The molecule has 10 heavy (non-hydrogen) atoms. The molecule has 1 rings (SSSR count). The first-order chi connectivity index (χ1) is 4.80. The molecule has 0 spiro atoms. The Hall–Kier alpha value is -0.300. The van der Waals surface area contributed by atoms with Gasteiger partial charge in [-0.25, -0.2) is 0 Å². The Labute approximate surface area is 62.8 Å². The van der Waals surface area contributed by atoms with E-state index in [1.807, 2.05) is 0 Å². The summed E-state index contributed by atoms with van der Waals surface area (Å²) in [5.74, 6) is 0. The van der Waals surface area contributed by atoms with Gasteiger partial charge < -0.3 is 5.11 Å². The van der Waals surface area contributed by atoms with E-state index in [9.17, 15) is 5.11 Å². The minimum Gasteiger partial charge on any atom is -0.389 e. The summed E-state index contributed by atoms with van der Waals surface area (Å²) in [6.45, 7) is 3.85. The van der Waals surface area contributed by atoms with Gasteiger partial charge in [-0.05, 0) is 24.8 Å². The van der Waals surface area contributed by atoms with Gasteiger partial charge in [-0.3, -0.25) is 0 Å². The first kappa shape index (κ1) is 7.80. The molecule has 0 bridgehead atoms. The fraction of sp³-hybridized carbons (Fsp3) is 0.778. The molecule has 0 aliphatic heterocycles. The van der Waals surface area contributed by atoms with Gasteiger partial charge >= 0.3 is 0 Å². The summed E-state index contributed by atoms with van der Waals surface area (Å²) < 4.78 is 0. The normalized spacial score (nSPS) is 29.3. The van der Waals surface area contributed by atoms with Gasteiger partial charge in [0.1, 0.15) is 0 Å². The van der Waals surface area contributed by atoms with Crippen molar-refractivity contribution in [2.75, 3.05) is 0 Å². The van der Waals surface area contributed by atoms with Crippen LogP contribution in [0.5, 0.6) is 0 Å². The fourth-order valence-electron chi connectivity index (χ4n) is 1.41. The summed E-state index contributed by atoms with van der Waals surface area (Å²) in [5.41, 5.74) is 1.04. The Kier molecular flexibility index (Phi) is 2.94. The Morgan fingerprint density at radius 3 is 2.70 bits per heavy atom. The molecule has 1 nitrogen and oxygen atoms in total. The lowest BCUT2D eigenvalue weighted by Crippen LogP contribution is -2.11. The molecule has 1 fully saturated rings. The van der Waals surface area contributed by atoms with Gasteiger partial charge in [-0.1, -0.05) is 25.8 Å². The van der Waals surface area contributed by atoms with Crippen LogP contribution in [-0.4, -0.2) is 11.2 Å². The van der Waals surface area contributed by atoms with Crippen LogP contribution >= 0.6 is 0 Å². The summed E-state index contributed by atoms with van der Waals surface area (Å²) in [6.07, 6.45) is 6.73. The second-order valence-corrected chi connectivity index (χ2v) is 3.13. The molecule has 0 aromatic rings. The van der Waals surface area contributed by atoms with Crippen molar-refractivity contribution in [1.82, 2.24) is 0 Å². The van der Waals surface area contributed by atoms with Gasteiger partial charge in [0.25, 0.3) is 0 Å². The van der Waals surface area contributed by atoms with Crippen LogP contribution in [0.3, 0.4) is 0 Å². The summed E-state index contributed by atoms with van der Waals surface area (Å²) in [7, 11) is 0. The average Bonchev–Trinajstić information content (AvgIpc) is 1.92. The zero-order valence-electron chi connectivity index (χ0n) is 6.47. The standard InChI is InChI=1S/C9H16O/c1-8-6-4-2-3-5-7-9(8)10/h9-10H,1-7H2/t9-/m0/s1. The minimum absolute atomic E-state index is 0.208. The van der Waals surface area contributed by atoms with E-state index in [2.05, 4.69) is 6.58 Å². The lowest BCUT2D eigenvalue weighted by atomic mass is 9.95. The number of aliphatic hydroxyl groups excluding tert-OH is 1. The summed E-state index contributed by atoms with van der Waals surface area (Å²) in [4.78, 5) is 0. The van der Waals surface area contributed by atoms with Crippen LogP contribution in [0, 0.1) is 0 Å². The maximum Gasteiger partial charge on any atom is 0.0747 e. The molecule has 58 valence electrons. The summed E-state index contributed by atoms with van der Waals surface area (Å²) >= 11 is 0. The highest BCUT2D eigenvalue weighted by Crippen LogP contribution is 2.20. The second kappa shape index (κ2) is 3.77. The third-order valence-corrected chi connectivity index (χ3v) is 2.20. The van der Waals surface area contributed by atoms with Crippen LogP contribution in [0.2, 0.25) is 0 Å². The van der Waals surface area contributed by atoms with E-state index in [1.54, 1.807) is 0 Å². The molecule has 0 unspecified atom stereocenters. The first-order valence-electron chi connectivity index (χ1n) is 4.16. The van der Waals surface area contributed by atoms with Crippen LogP contribution in [-0.2, 0) is 0 Å². The monoisotopic (exact) mass is 140 g/mol. The van der Waals surface area contributed by atoms with E-state index in [0.717, 1.165) is 18.4 Å². The van der Waals surface area contributed by atoms with Gasteiger partial charge in [0.05, 0.1) is 6.10 Å². The van der Waals surface area contributed by atoms with Gasteiger partial charge in [-0.15, -0.1) is 0 Å². The fourth-order valence-corrected chi connectivity index (χ4v) is 1.41. The molecule has 1 aliphatic rings. The van der Waals surface area contributed by atoms with Crippen molar-refractivity contribution in [3.63, 3.8) is 0 Å². The lowest BCUT2D eigenvalue weighted by molar-refractivity contribution is 0.187. The van der Waals surface area contributed by atoms with Crippen LogP contribution < -0.4 is 0 Å². The molecular formula is C9H16O. The topological polar surface area (TPSA) is 20.2 Å². The van der Waals surface area contributed by atoms with Crippen LogP contribution in [0.1, 0.15) is 38.5 Å².